The van der Waals surface area contributed by atoms with Crippen molar-refractivity contribution in [2.24, 2.45) is 0 Å². The highest BCUT2D eigenvalue weighted by Crippen LogP contribution is 2.34. The number of ether oxygens (including phenoxy) is 1. The first-order chi connectivity index (χ1) is 6.74. The molecule has 2 rings (SSSR count). The lowest BCUT2D eigenvalue weighted by molar-refractivity contribution is 0.419. The molecule has 2 aromatic rings. The Morgan fingerprint density at radius 1 is 1.21 bits per heavy atom. The number of rotatable bonds is 1. The van der Waals surface area contributed by atoms with Crippen molar-refractivity contribution in [2.45, 2.75) is 0 Å². The van der Waals surface area contributed by atoms with Crippen LogP contribution in [-0.2, 0) is 0 Å². The van der Waals surface area contributed by atoms with Crippen molar-refractivity contribution in [3.63, 3.8) is 0 Å². The molecule has 0 aliphatic carbocycles. The third kappa shape index (κ3) is 1.63. The van der Waals surface area contributed by atoms with Crippen LogP contribution in [0.25, 0.3) is 10.8 Å². The van der Waals surface area contributed by atoms with Crippen molar-refractivity contribution in [1.82, 2.24) is 0 Å². The first-order valence-corrected chi connectivity index (χ1v) is 6.02. The summed E-state index contributed by atoms with van der Waals surface area (Å²) in [5, 5.41) is 2.38. The zero-order valence-corrected chi connectivity index (χ0v) is 11.3. The minimum absolute atomic E-state index is 0.910. The molecule has 14 heavy (non-hydrogen) atoms. The van der Waals surface area contributed by atoms with Crippen LogP contribution in [0.3, 0.4) is 0 Å². The second-order valence-corrected chi connectivity index (χ2v) is 4.85. The first-order valence-electron chi connectivity index (χ1n) is 4.15. The minimum Gasteiger partial charge on any atom is -0.496 e. The van der Waals surface area contributed by atoms with Crippen LogP contribution < -0.4 is 4.74 Å². The average molecular weight is 363 g/mol. The second kappa shape index (κ2) is 4.06. The summed E-state index contributed by atoms with van der Waals surface area (Å²) in [4.78, 5) is 0. The Hall–Kier alpha value is -0.290. The molecule has 0 saturated carbocycles. The maximum atomic E-state index is 5.33. The molecule has 0 aromatic heterocycles. The van der Waals surface area contributed by atoms with Crippen LogP contribution >= 0.6 is 38.5 Å². The standard InChI is InChI=1S/C11H8BrIO/c1-14-10-6-9(12)11(13)8-5-3-2-4-7(8)10/h2-6H,1H3. The van der Waals surface area contributed by atoms with E-state index in [1.165, 1.54) is 8.96 Å². The molecule has 3 heteroatoms. The summed E-state index contributed by atoms with van der Waals surface area (Å²) in [6, 6.07) is 10.2. The van der Waals surface area contributed by atoms with E-state index in [1.54, 1.807) is 7.11 Å². The molecule has 0 amide bonds. The van der Waals surface area contributed by atoms with Gasteiger partial charge in [0.1, 0.15) is 5.75 Å². The Kier molecular flexibility index (Phi) is 2.97. The molecule has 0 aliphatic heterocycles. The molecule has 0 radical (unpaired) electrons. The highest BCUT2D eigenvalue weighted by Gasteiger charge is 2.07. The molecule has 0 bridgehead atoms. The number of hydrogen-bond acceptors (Lipinski definition) is 1. The van der Waals surface area contributed by atoms with E-state index in [-0.39, 0.29) is 0 Å². The third-order valence-corrected chi connectivity index (χ3v) is 4.65. The zero-order valence-electron chi connectivity index (χ0n) is 7.55. The second-order valence-electron chi connectivity index (χ2n) is 2.92. The summed E-state index contributed by atoms with van der Waals surface area (Å²) in [5.74, 6) is 0.910. The van der Waals surface area contributed by atoms with Gasteiger partial charge in [0, 0.05) is 13.4 Å². The average Bonchev–Trinajstić information content (AvgIpc) is 2.23. The van der Waals surface area contributed by atoms with Gasteiger partial charge < -0.3 is 4.74 Å². The van der Waals surface area contributed by atoms with Gasteiger partial charge in [0.25, 0.3) is 0 Å². The van der Waals surface area contributed by atoms with Crippen LogP contribution in [0.5, 0.6) is 5.75 Å². The van der Waals surface area contributed by atoms with Crippen LogP contribution in [0.2, 0.25) is 0 Å². The van der Waals surface area contributed by atoms with Crippen LogP contribution in [-0.4, -0.2) is 7.11 Å². The lowest BCUT2D eigenvalue weighted by atomic mass is 10.1. The van der Waals surface area contributed by atoms with Gasteiger partial charge in [-0.05, 0) is 50.0 Å². The number of benzene rings is 2. The van der Waals surface area contributed by atoms with E-state index in [2.05, 4.69) is 50.7 Å². The van der Waals surface area contributed by atoms with Crippen LogP contribution in [0.4, 0.5) is 0 Å². The Labute approximate surface area is 105 Å². The predicted molar refractivity (Wildman–Crippen MR) is 70.9 cm³/mol. The van der Waals surface area contributed by atoms with Gasteiger partial charge in [-0.15, -0.1) is 0 Å². The molecule has 72 valence electrons. The lowest BCUT2D eigenvalue weighted by Crippen LogP contribution is -1.87. The fraction of sp³-hybridized carbons (Fsp3) is 0.0909. The number of halogens is 2. The summed E-state index contributed by atoms with van der Waals surface area (Å²) in [7, 11) is 1.70. The molecule has 0 unspecified atom stereocenters. The van der Waals surface area contributed by atoms with E-state index in [0.717, 1.165) is 15.6 Å². The van der Waals surface area contributed by atoms with E-state index in [1.807, 2.05) is 18.2 Å². The fourth-order valence-corrected chi connectivity index (χ4v) is 2.49. The topological polar surface area (TPSA) is 9.23 Å². The van der Waals surface area contributed by atoms with Crippen molar-refractivity contribution in [2.75, 3.05) is 7.11 Å². The highest BCUT2D eigenvalue weighted by atomic mass is 127. The SMILES string of the molecule is COc1cc(Br)c(I)c2ccccc12. The van der Waals surface area contributed by atoms with Crippen molar-refractivity contribution in [3.05, 3.63) is 38.4 Å². The van der Waals surface area contributed by atoms with Gasteiger partial charge >= 0.3 is 0 Å². The molecule has 0 atom stereocenters. The van der Waals surface area contributed by atoms with Gasteiger partial charge in [0.2, 0.25) is 0 Å². The molecule has 1 nitrogen and oxygen atoms in total. The van der Waals surface area contributed by atoms with Crippen molar-refractivity contribution in [1.29, 1.82) is 0 Å². The van der Waals surface area contributed by atoms with E-state index < -0.39 is 0 Å². The summed E-state index contributed by atoms with van der Waals surface area (Å²) < 4.78 is 7.63. The van der Waals surface area contributed by atoms with Gasteiger partial charge in [-0.3, -0.25) is 0 Å². The van der Waals surface area contributed by atoms with Crippen LogP contribution in [0.1, 0.15) is 0 Å². The van der Waals surface area contributed by atoms with E-state index in [9.17, 15) is 0 Å². The molecular weight excluding hydrogens is 355 g/mol. The minimum atomic E-state index is 0.910. The molecule has 0 fully saturated rings. The Morgan fingerprint density at radius 2 is 1.86 bits per heavy atom. The highest BCUT2D eigenvalue weighted by molar-refractivity contribution is 14.1. The van der Waals surface area contributed by atoms with E-state index in [4.69, 9.17) is 4.74 Å². The van der Waals surface area contributed by atoms with Crippen molar-refractivity contribution in [3.8, 4) is 5.75 Å². The van der Waals surface area contributed by atoms with Gasteiger partial charge in [-0.25, -0.2) is 0 Å². The van der Waals surface area contributed by atoms with Crippen molar-refractivity contribution < 1.29 is 4.74 Å². The summed E-state index contributed by atoms with van der Waals surface area (Å²) in [6.07, 6.45) is 0. The monoisotopic (exact) mass is 362 g/mol. The molecule has 0 aliphatic rings. The van der Waals surface area contributed by atoms with Gasteiger partial charge in [0.05, 0.1) is 7.11 Å². The van der Waals surface area contributed by atoms with E-state index >= 15 is 0 Å². The molecule has 0 N–H and O–H groups in total. The summed E-state index contributed by atoms with van der Waals surface area (Å²) >= 11 is 5.85. The molecule has 0 spiro atoms. The van der Waals surface area contributed by atoms with Crippen LogP contribution in [0, 0.1) is 3.57 Å². The zero-order chi connectivity index (χ0) is 10.1. The summed E-state index contributed by atoms with van der Waals surface area (Å²) in [5.41, 5.74) is 0. The Balaban J connectivity index is 2.89. The Morgan fingerprint density at radius 3 is 2.50 bits per heavy atom. The number of fused-ring (bicyclic) bond motifs is 1. The molecule has 0 heterocycles. The Bertz CT molecular complexity index is 482. The first kappa shape index (κ1) is 10.2. The molecule has 2 aromatic carbocycles. The number of hydrogen-bond donors (Lipinski definition) is 0. The normalized spacial score (nSPS) is 10.5. The van der Waals surface area contributed by atoms with Gasteiger partial charge in [-0.2, -0.15) is 0 Å². The van der Waals surface area contributed by atoms with Crippen LogP contribution in [0.15, 0.2) is 34.8 Å². The largest absolute Gasteiger partial charge is 0.496 e. The molecule has 0 saturated heterocycles. The molecular formula is C11H8BrIO. The summed E-state index contributed by atoms with van der Waals surface area (Å²) in [6.45, 7) is 0. The van der Waals surface area contributed by atoms with Gasteiger partial charge in [0.15, 0.2) is 0 Å². The third-order valence-electron chi connectivity index (χ3n) is 2.12. The maximum Gasteiger partial charge on any atom is 0.127 e. The number of methoxy groups -OCH3 is 1. The smallest absolute Gasteiger partial charge is 0.127 e. The maximum absolute atomic E-state index is 5.33. The quantitative estimate of drug-likeness (QED) is 0.690. The van der Waals surface area contributed by atoms with Crippen molar-refractivity contribution >= 4 is 49.3 Å². The fourth-order valence-electron chi connectivity index (χ4n) is 1.44. The van der Waals surface area contributed by atoms with E-state index in [0.29, 0.717) is 0 Å². The van der Waals surface area contributed by atoms with Gasteiger partial charge in [-0.1, -0.05) is 24.3 Å². The predicted octanol–water partition coefficient (Wildman–Crippen LogP) is 4.22. The lowest BCUT2D eigenvalue weighted by Gasteiger charge is -2.08.